The molecule has 1 fully saturated rings. The van der Waals surface area contributed by atoms with Crippen LogP contribution in [-0.2, 0) is 10.2 Å². The smallest absolute Gasteiger partial charge is 0.316 e. The van der Waals surface area contributed by atoms with Crippen molar-refractivity contribution in [2.24, 2.45) is 5.41 Å². The lowest BCUT2D eigenvalue weighted by atomic mass is 9.89. The van der Waals surface area contributed by atoms with Gasteiger partial charge in [-0.25, -0.2) is 9.97 Å². The van der Waals surface area contributed by atoms with Crippen molar-refractivity contribution in [3.05, 3.63) is 18.0 Å². The molecule has 0 radical (unpaired) electrons. The Labute approximate surface area is 102 Å². The van der Waals surface area contributed by atoms with Gasteiger partial charge in [-0.1, -0.05) is 27.7 Å². The molecule has 1 aromatic rings. The summed E-state index contributed by atoms with van der Waals surface area (Å²) in [4.78, 5) is 8.46. The van der Waals surface area contributed by atoms with Gasteiger partial charge in [-0.15, -0.1) is 0 Å². The highest BCUT2D eigenvalue weighted by molar-refractivity contribution is 5.16. The van der Waals surface area contributed by atoms with Gasteiger partial charge in [0, 0.05) is 17.8 Å². The van der Waals surface area contributed by atoms with Crippen LogP contribution in [-0.4, -0.2) is 29.8 Å². The first kappa shape index (κ1) is 12.3. The van der Waals surface area contributed by atoms with E-state index < -0.39 is 0 Å². The van der Waals surface area contributed by atoms with Gasteiger partial charge in [-0.05, 0) is 11.0 Å². The van der Waals surface area contributed by atoms with Gasteiger partial charge in [-0.3, -0.25) is 0 Å². The van der Waals surface area contributed by atoms with E-state index in [9.17, 15) is 0 Å². The van der Waals surface area contributed by atoms with Crippen LogP contribution in [0.3, 0.4) is 0 Å². The molecular formula is C13H20N2O2. The zero-order chi connectivity index (χ0) is 12.5. The van der Waals surface area contributed by atoms with E-state index in [-0.39, 0.29) is 10.8 Å². The van der Waals surface area contributed by atoms with Crippen molar-refractivity contribution < 1.29 is 9.47 Å². The molecule has 1 aromatic heterocycles. The maximum Gasteiger partial charge on any atom is 0.316 e. The highest BCUT2D eigenvalue weighted by Crippen LogP contribution is 2.27. The third-order valence-corrected chi connectivity index (χ3v) is 2.94. The van der Waals surface area contributed by atoms with E-state index in [2.05, 4.69) is 37.7 Å². The predicted octanol–water partition coefficient (Wildman–Crippen LogP) is 2.19. The fourth-order valence-electron chi connectivity index (χ4n) is 1.55. The first-order chi connectivity index (χ1) is 7.89. The van der Waals surface area contributed by atoms with Gasteiger partial charge in [0.15, 0.2) is 0 Å². The Hall–Kier alpha value is -1.16. The van der Waals surface area contributed by atoms with Crippen LogP contribution in [0.2, 0.25) is 0 Å². The lowest BCUT2D eigenvalue weighted by molar-refractivity contribution is -0.121. The van der Waals surface area contributed by atoms with Crippen LogP contribution in [0.1, 0.15) is 33.3 Å². The van der Waals surface area contributed by atoms with E-state index in [1.54, 1.807) is 0 Å². The van der Waals surface area contributed by atoms with Gasteiger partial charge in [-0.2, -0.15) is 0 Å². The van der Waals surface area contributed by atoms with Crippen LogP contribution in [0.15, 0.2) is 12.4 Å². The Morgan fingerprint density at radius 2 is 1.88 bits per heavy atom. The van der Waals surface area contributed by atoms with Gasteiger partial charge in [0.05, 0.1) is 13.2 Å². The van der Waals surface area contributed by atoms with E-state index in [1.165, 1.54) is 0 Å². The summed E-state index contributed by atoms with van der Waals surface area (Å²) in [5.74, 6) is 0. The van der Waals surface area contributed by atoms with Crippen molar-refractivity contribution in [1.29, 1.82) is 0 Å². The van der Waals surface area contributed by atoms with Gasteiger partial charge in [0.1, 0.15) is 6.61 Å². The molecule has 0 aliphatic carbocycles. The highest BCUT2D eigenvalue weighted by Gasteiger charge is 2.34. The van der Waals surface area contributed by atoms with Gasteiger partial charge in [0.25, 0.3) is 0 Å². The molecule has 0 spiro atoms. The van der Waals surface area contributed by atoms with E-state index in [4.69, 9.17) is 9.47 Å². The summed E-state index contributed by atoms with van der Waals surface area (Å²) in [6.45, 7) is 10.7. The standard InChI is InChI=1S/C13H20N2O2/c1-12(2,3)10-5-14-11(15-6-10)17-9-13(4)7-16-8-13/h5-6H,7-9H2,1-4H3. The van der Waals surface area contributed by atoms with E-state index in [1.807, 2.05) is 12.4 Å². The molecule has 0 saturated carbocycles. The summed E-state index contributed by atoms with van der Waals surface area (Å²) in [6, 6.07) is 0.450. The second kappa shape index (κ2) is 4.26. The summed E-state index contributed by atoms with van der Waals surface area (Å²) in [7, 11) is 0. The number of hydrogen-bond acceptors (Lipinski definition) is 4. The lowest BCUT2D eigenvalue weighted by Crippen LogP contribution is -2.44. The molecule has 0 bridgehead atoms. The zero-order valence-corrected chi connectivity index (χ0v) is 11.0. The molecule has 2 heterocycles. The number of nitrogens with zero attached hydrogens (tertiary/aromatic N) is 2. The van der Waals surface area contributed by atoms with Crippen molar-refractivity contribution in [1.82, 2.24) is 9.97 Å². The van der Waals surface area contributed by atoms with Gasteiger partial charge in [0.2, 0.25) is 0 Å². The number of aromatic nitrogens is 2. The van der Waals surface area contributed by atoms with Crippen LogP contribution in [0.4, 0.5) is 0 Å². The first-order valence-electron chi connectivity index (χ1n) is 5.92. The second-order valence-electron chi connectivity index (χ2n) is 6.10. The Bertz CT molecular complexity index is 377. The topological polar surface area (TPSA) is 44.2 Å². The molecule has 1 saturated heterocycles. The Kier molecular flexibility index (Phi) is 3.08. The molecule has 4 heteroatoms. The Morgan fingerprint density at radius 1 is 1.29 bits per heavy atom. The number of rotatable bonds is 3. The number of ether oxygens (including phenoxy) is 2. The fourth-order valence-corrected chi connectivity index (χ4v) is 1.55. The maximum atomic E-state index is 5.58. The van der Waals surface area contributed by atoms with Crippen molar-refractivity contribution in [2.75, 3.05) is 19.8 Å². The Balaban J connectivity index is 1.94. The first-order valence-corrected chi connectivity index (χ1v) is 5.92. The van der Waals surface area contributed by atoms with Crippen LogP contribution < -0.4 is 4.74 Å². The third kappa shape index (κ3) is 2.94. The van der Waals surface area contributed by atoms with Crippen LogP contribution in [0.5, 0.6) is 6.01 Å². The predicted molar refractivity (Wildman–Crippen MR) is 65.2 cm³/mol. The molecule has 94 valence electrons. The van der Waals surface area contributed by atoms with Gasteiger partial charge < -0.3 is 9.47 Å². The molecule has 0 atom stereocenters. The van der Waals surface area contributed by atoms with E-state index in [0.717, 1.165) is 18.8 Å². The van der Waals surface area contributed by atoms with E-state index >= 15 is 0 Å². The summed E-state index contributed by atoms with van der Waals surface area (Å²) in [5.41, 5.74) is 1.32. The SMILES string of the molecule is CC1(COc2ncc(C(C)(C)C)cn2)COC1. The minimum atomic E-state index is 0.0757. The average molecular weight is 236 g/mol. The molecule has 0 amide bonds. The zero-order valence-electron chi connectivity index (χ0n) is 11.0. The van der Waals surface area contributed by atoms with Crippen LogP contribution >= 0.6 is 0 Å². The summed E-state index contributed by atoms with van der Waals surface area (Å²) < 4.78 is 10.7. The molecule has 0 N–H and O–H groups in total. The molecule has 1 aliphatic heterocycles. The molecule has 2 rings (SSSR count). The fraction of sp³-hybridized carbons (Fsp3) is 0.692. The van der Waals surface area contributed by atoms with Gasteiger partial charge >= 0.3 is 6.01 Å². The summed E-state index contributed by atoms with van der Waals surface area (Å²) >= 11 is 0. The monoisotopic (exact) mass is 236 g/mol. The molecule has 4 nitrogen and oxygen atoms in total. The second-order valence-corrected chi connectivity index (χ2v) is 6.10. The van der Waals surface area contributed by atoms with Crippen molar-refractivity contribution in [3.8, 4) is 6.01 Å². The van der Waals surface area contributed by atoms with Crippen molar-refractivity contribution >= 4 is 0 Å². The summed E-state index contributed by atoms with van der Waals surface area (Å²) in [5, 5.41) is 0. The molecule has 1 aliphatic rings. The van der Waals surface area contributed by atoms with Crippen molar-refractivity contribution in [3.63, 3.8) is 0 Å². The average Bonchev–Trinajstić information content (AvgIpc) is 2.23. The number of hydrogen-bond donors (Lipinski definition) is 0. The quantitative estimate of drug-likeness (QED) is 0.807. The normalized spacial score (nSPS) is 18.6. The molecule has 0 unspecified atom stereocenters. The Morgan fingerprint density at radius 3 is 2.29 bits per heavy atom. The minimum Gasteiger partial charge on any atom is -0.463 e. The largest absolute Gasteiger partial charge is 0.463 e. The van der Waals surface area contributed by atoms with Crippen LogP contribution in [0, 0.1) is 5.41 Å². The van der Waals surface area contributed by atoms with Crippen LogP contribution in [0.25, 0.3) is 0 Å². The highest BCUT2D eigenvalue weighted by atomic mass is 16.5. The maximum absolute atomic E-state index is 5.58. The van der Waals surface area contributed by atoms with Crippen molar-refractivity contribution in [2.45, 2.75) is 33.1 Å². The lowest BCUT2D eigenvalue weighted by Gasteiger charge is -2.37. The molecule has 0 aromatic carbocycles. The van der Waals surface area contributed by atoms with E-state index in [0.29, 0.717) is 12.6 Å². The minimum absolute atomic E-state index is 0.0757. The molecular weight excluding hydrogens is 216 g/mol. The molecule has 17 heavy (non-hydrogen) atoms. The summed E-state index contributed by atoms with van der Waals surface area (Å²) in [6.07, 6.45) is 3.67. The third-order valence-electron chi connectivity index (χ3n) is 2.94.